The van der Waals surface area contributed by atoms with Gasteiger partial charge in [-0.1, -0.05) is 18.2 Å². The molecule has 0 radical (unpaired) electrons. The van der Waals surface area contributed by atoms with Crippen molar-refractivity contribution in [3.8, 4) is 0 Å². The molecule has 2 aromatic rings. The molecule has 4 heteroatoms. The van der Waals surface area contributed by atoms with Crippen LogP contribution in [0.25, 0.3) is 0 Å². The molecule has 1 N–H and O–H groups in total. The predicted octanol–water partition coefficient (Wildman–Crippen LogP) is 4.30. The molecule has 0 spiro atoms. The molecule has 0 aromatic heterocycles. The maximum atomic E-state index is 12.3. The summed E-state index contributed by atoms with van der Waals surface area (Å²) in [7, 11) is 0. The van der Waals surface area contributed by atoms with E-state index in [1.54, 1.807) is 4.90 Å². The Morgan fingerprint density at radius 1 is 0.960 bits per heavy atom. The van der Waals surface area contributed by atoms with E-state index in [1.807, 2.05) is 64.1 Å². The van der Waals surface area contributed by atoms with Gasteiger partial charge in [0.25, 0.3) is 0 Å². The molecular weight excluding hydrogens is 312 g/mol. The van der Waals surface area contributed by atoms with Crippen molar-refractivity contribution in [2.75, 3.05) is 16.8 Å². The van der Waals surface area contributed by atoms with Crippen LogP contribution in [-0.2, 0) is 9.59 Å². The van der Waals surface area contributed by atoms with Gasteiger partial charge in [-0.15, -0.1) is 0 Å². The van der Waals surface area contributed by atoms with Crippen LogP contribution in [0, 0.1) is 27.7 Å². The van der Waals surface area contributed by atoms with Crippen molar-refractivity contribution in [1.82, 2.24) is 0 Å². The van der Waals surface area contributed by atoms with E-state index in [0.29, 0.717) is 6.54 Å². The molecule has 0 heterocycles. The standard InChI is InChI=1S/C21H26N2O2/c1-14-9-10-19(13-16(14)3)23(18(5)24)12-11-21(25)22-20-8-6-7-15(2)17(20)4/h6-10,13H,11-12H2,1-5H3,(H,22,25). The normalized spacial score (nSPS) is 10.4. The molecular formula is C21H26N2O2. The molecule has 132 valence electrons. The molecule has 25 heavy (non-hydrogen) atoms. The van der Waals surface area contributed by atoms with Crippen molar-refractivity contribution in [2.24, 2.45) is 0 Å². The average Bonchev–Trinajstić information content (AvgIpc) is 2.55. The van der Waals surface area contributed by atoms with Crippen molar-refractivity contribution in [3.05, 3.63) is 58.7 Å². The third-order valence-electron chi connectivity index (χ3n) is 4.62. The molecule has 0 unspecified atom stereocenters. The molecule has 2 rings (SSSR count). The van der Waals surface area contributed by atoms with Gasteiger partial charge in [0.05, 0.1) is 0 Å². The number of nitrogens with one attached hydrogen (secondary N) is 1. The smallest absolute Gasteiger partial charge is 0.226 e. The topological polar surface area (TPSA) is 49.4 Å². The van der Waals surface area contributed by atoms with Gasteiger partial charge in [0.1, 0.15) is 0 Å². The largest absolute Gasteiger partial charge is 0.326 e. The Balaban J connectivity index is 2.05. The van der Waals surface area contributed by atoms with E-state index in [4.69, 9.17) is 0 Å². The lowest BCUT2D eigenvalue weighted by Gasteiger charge is -2.22. The minimum absolute atomic E-state index is 0.0669. The highest BCUT2D eigenvalue weighted by Crippen LogP contribution is 2.20. The second-order valence-corrected chi connectivity index (χ2v) is 6.48. The molecule has 0 atom stereocenters. The van der Waals surface area contributed by atoms with Gasteiger partial charge in [-0.3, -0.25) is 9.59 Å². The minimum Gasteiger partial charge on any atom is -0.326 e. The van der Waals surface area contributed by atoms with Crippen molar-refractivity contribution in [2.45, 2.75) is 41.0 Å². The van der Waals surface area contributed by atoms with Crippen LogP contribution in [0.15, 0.2) is 36.4 Å². The van der Waals surface area contributed by atoms with Gasteiger partial charge in [0.2, 0.25) is 11.8 Å². The second-order valence-electron chi connectivity index (χ2n) is 6.48. The van der Waals surface area contributed by atoms with Crippen molar-refractivity contribution >= 4 is 23.2 Å². The number of carbonyl (C=O) groups excluding carboxylic acids is 2. The van der Waals surface area contributed by atoms with E-state index < -0.39 is 0 Å². The van der Waals surface area contributed by atoms with Crippen molar-refractivity contribution in [1.29, 1.82) is 0 Å². The number of aryl methyl sites for hydroxylation is 3. The fourth-order valence-corrected chi connectivity index (χ4v) is 2.67. The van der Waals surface area contributed by atoms with Crippen LogP contribution in [0.5, 0.6) is 0 Å². The maximum Gasteiger partial charge on any atom is 0.226 e. The Morgan fingerprint density at radius 2 is 1.68 bits per heavy atom. The van der Waals surface area contributed by atoms with E-state index >= 15 is 0 Å². The summed E-state index contributed by atoms with van der Waals surface area (Å²) in [5.41, 5.74) is 6.16. The molecule has 2 amide bonds. The van der Waals surface area contributed by atoms with Crippen LogP contribution in [0.4, 0.5) is 11.4 Å². The van der Waals surface area contributed by atoms with Gasteiger partial charge in [0, 0.05) is 31.3 Å². The highest BCUT2D eigenvalue weighted by molar-refractivity contribution is 5.95. The van der Waals surface area contributed by atoms with Gasteiger partial charge in [-0.25, -0.2) is 0 Å². The first kappa shape index (κ1) is 18.7. The zero-order valence-electron chi connectivity index (χ0n) is 15.6. The highest BCUT2D eigenvalue weighted by Gasteiger charge is 2.14. The monoisotopic (exact) mass is 338 g/mol. The number of rotatable bonds is 5. The number of benzene rings is 2. The van der Waals surface area contributed by atoms with Crippen LogP contribution < -0.4 is 10.2 Å². The van der Waals surface area contributed by atoms with E-state index in [0.717, 1.165) is 28.1 Å². The van der Waals surface area contributed by atoms with Crippen LogP contribution in [0.3, 0.4) is 0 Å². The van der Waals surface area contributed by atoms with Crippen LogP contribution in [0.1, 0.15) is 35.6 Å². The molecule has 0 saturated heterocycles. The number of hydrogen-bond donors (Lipinski definition) is 1. The number of carbonyl (C=O) groups is 2. The van der Waals surface area contributed by atoms with E-state index in [-0.39, 0.29) is 18.2 Å². The molecule has 0 aliphatic rings. The quantitative estimate of drug-likeness (QED) is 0.883. The first-order valence-electron chi connectivity index (χ1n) is 8.51. The summed E-state index contributed by atoms with van der Waals surface area (Å²) in [6.45, 7) is 9.94. The number of anilines is 2. The minimum atomic E-state index is -0.0937. The third kappa shape index (κ3) is 4.69. The lowest BCUT2D eigenvalue weighted by atomic mass is 10.1. The Morgan fingerprint density at radius 3 is 2.32 bits per heavy atom. The van der Waals surface area contributed by atoms with Gasteiger partial charge < -0.3 is 10.2 Å². The van der Waals surface area contributed by atoms with E-state index in [2.05, 4.69) is 5.32 Å². The summed E-state index contributed by atoms with van der Waals surface area (Å²) in [5.74, 6) is -0.161. The van der Waals surface area contributed by atoms with Crippen LogP contribution in [-0.4, -0.2) is 18.4 Å². The summed E-state index contributed by atoms with van der Waals surface area (Å²) in [6, 6.07) is 11.7. The van der Waals surface area contributed by atoms with Crippen molar-refractivity contribution < 1.29 is 9.59 Å². The maximum absolute atomic E-state index is 12.3. The summed E-state index contributed by atoms with van der Waals surface area (Å²) >= 11 is 0. The Kier molecular flexibility index (Phi) is 5.97. The first-order chi connectivity index (χ1) is 11.8. The zero-order valence-corrected chi connectivity index (χ0v) is 15.6. The molecule has 0 bridgehead atoms. The number of nitrogens with zero attached hydrogens (tertiary/aromatic N) is 1. The molecule has 0 aliphatic carbocycles. The van der Waals surface area contributed by atoms with Gasteiger partial charge in [-0.2, -0.15) is 0 Å². The summed E-state index contributed by atoms with van der Waals surface area (Å²) < 4.78 is 0. The van der Waals surface area contributed by atoms with Gasteiger partial charge >= 0.3 is 0 Å². The lowest BCUT2D eigenvalue weighted by molar-refractivity contribution is -0.117. The van der Waals surface area contributed by atoms with E-state index in [1.165, 1.54) is 12.5 Å². The SMILES string of the molecule is CC(=O)N(CCC(=O)Nc1cccc(C)c1C)c1ccc(C)c(C)c1. The zero-order chi connectivity index (χ0) is 18.6. The summed E-state index contributed by atoms with van der Waals surface area (Å²) in [6.07, 6.45) is 0.250. The third-order valence-corrected chi connectivity index (χ3v) is 4.62. The number of hydrogen-bond acceptors (Lipinski definition) is 2. The molecule has 2 aromatic carbocycles. The first-order valence-corrected chi connectivity index (χ1v) is 8.51. The van der Waals surface area contributed by atoms with Crippen molar-refractivity contribution in [3.63, 3.8) is 0 Å². The lowest BCUT2D eigenvalue weighted by Crippen LogP contribution is -2.32. The molecule has 0 fully saturated rings. The molecule has 0 aliphatic heterocycles. The summed E-state index contributed by atoms with van der Waals surface area (Å²) in [5, 5.41) is 2.94. The van der Waals surface area contributed by atoms with Crippen LogP contribution >= 0.6 is 0 Å². The second kappa shape index (κ2) is 7.97. The Labute approximate surface area is 149 Å². The fraction of sp³-hybridized carbons (Fsp3) is 0.333. The molecule has 4 nitrogen and oxygen atoms in total. The van der Waals surface area contributed by atoms with Crippen LogP contribution in [0.2, 0.25) is 0 Å². The predicted molar refractivity (Wildman–Crippen MR) is 103 cm³/mol. The summed E-state index contributed by atoms with van der Waals surface area (Å²) in [4.78, 5) is 26.0. The average molecular weight is 338 g/mol. The number of amides is 2. The van der Waals surface area contributed by atoms with Gasteiger partial charge in [0.15, 0.2) is 0 Å². The molecule has 0 saturated carbocycles. The van der Waals surface area contributed by atoms with Gasteiger partial charge in [-0.05, 0) is 68.1 Å². The Hall–Kier alpha value is -2.62. The fourth-order valence-electron chi connectivity index (χ4n) is 2.67. The van der Waals surface area contributed by atoms with E-state index in [9.17, 15) is 9.59 Å². The highest BCUT2D eigenvalue weighted by atomic mass is 16.2. The Bertz CT molecular complexity index is 796.